The molecule has 2 amide bonds. The number of benzene rings is 4. The van der Waals surface area contributed by atoms with Gasteiger partial charge in [-0.2, -0.15) is 0 Å². The van der Waals surface area contributed by atoms with Crippen molar-refractivity contribution in [2.45, 2.75) is 19.5 Å². The summed E-state index contributed by atoms with van der Waals surface area (Å²) in [5.41, 5.74) is 2.01. The van der Waals surface area contributed by atoms with Crippen LogP contribution in [-0.4, -0.2) is 34.3 Å². The van der Waals surface area contributed by atoms with Crippen molar-refractivity contribution in [3.8, 4) is 11.1 Å². The largest absolute Gasteiger partial charge is 0.481 e. The van der Waals surface area contributed by atoms with Crippen LogP contribution in [0.1, 0.15) is 38.3 Å². The lowest BCUT2D eigenvalue weighted by molar-refractivity contribution is -0.137. The van der Waals surface area contributed by atoms with Crippen LogP contribution in [-0.2, 0) is 17.9 Å². The highest BCUT2D eigenvalue weighted by atomic mass is 19.1. The van der Waals surface area contributed by atoms with E-state index >= 15 is 0 Å². The molecule has 0 aliphatic heterocycles. The summed E-state index contributed by atoms with van der Waals surface area (Å²) in [6.07, 6.45) is -0.230. The van der Waals surface area contributed by atoms with E-state index in [0.29, 0.717) is 16.7 Å². The van der Waals surface area contributed by atoms with Gasteiger partial charge in [0.05, 0.1) is 6.42 Å². The number of halogens is 2. The van der Waals surface area contributed by atoms with E-state index in [1.54, 1.807) is 48.5 Å². The molecule has 198 valence electrons. The molecule has 0 spiro atoms. The molecule has 0 atom stereocenters. The van der Waals surface area contributed by atoms with Crippen molar-refractivity contribution in [1.29, 1.82) is 0 Å². The summed E-state index contributed by atoms with van der Waals surface area (Å²) in [6, 6.07) is 26.1. The van der Waals surface area contributed by atoms with Crippen LogP contribution in [0.3, 0.4) is 0 Å². The molecule has 6 nitrogen and oxygen atoms in total. The number of carbonyl (C=O) groups is 3. The zero-order valence-corrected chi connectivity index (χ0v) is 20.9. The smallest absolute Gasteiger partial charge is 0.305 e. The number of carboxylic acid groups (broad SMARTS) is 1. The maximum atomic E-state index is 14.1. The Balaban J connectivity index is 1.65. The fourth-order valence-corrected chi connectivity index (χ4v) is 4.24. The molecule has 8 heteroatoms. The Morgan fingerprint density at radius 2 is 1.28 bits per heavy atom. The molecule has 0 saturated carbocycles. The van der Waals surface area contributed by atoms with E-state index in [1.165, 1.54) is 11.0 Å². The van der Waals surface area contributed by atoms with Gasteiger partial charge >= 0.3 is 5.97 Å². The number of amides is 2. The number of carboxylic acids is 1. The second-order valence-corrected chi connectivity index (χ2v) is 8.83. The number of rotatable bonds is 10. The highest BCUT2D eigenvalue weighted by Crippen LogP contribution is 2.29. The number of hydrogen-bond acceptors (Lipinski definition) is 3. The fourth-order valence-electron chi connectivity index (χ4n) is 4.24. The number of hydrogen-bond donors (Lipinski definition) is 2. The van der Waals surface area contributed by atoms with Crippen LogP contribution in [0.15, 0.2) is 97.1 Å². The average molecular weight is 529 g/mol. The minimum absolute atomic E-state index is 0.00622. The van der Waals surface area contributed by atoms with Gasteiger partial charge in [-0.15, -0.1) is 0 Å². The van der Waals surface area contributed by atoms with E-state index in [1.807, 2.05) is 30.3 Å². The van der Waals surface area contributed by atoms with E-state index in [0.717, 1.165) is 17.7 Å². The van der Waals surface area contributed by atoms with Crippen molar-refractivity contribution < 1.29 is 28.3 Å². The minimum atomic E-state index is -1.03. The summed E-state index contributed by atoms with van der Waals surface area (Å²) >= 11 is 0. The standard InChI is InChI=1S/C31H26F2N2O4/c32-27-15-8-16-28(33)26(27)19-34-30(38)24-13-6-4-11-22(24)23-12-5-7-14-25(23)31(39)35(18-17-29(36)37)20-21-9-2-1-3-10-21/h1-16H,17-20H2,(H,34,38)(H,36,37). The molecule has 0 saturated heterocycles. The van der Waals surface area contributed by atoms with Crippen LogP contribution in [0.2, 0.25) is 0 Å². The van der Waals surface area contributed by atoms with Gasteiger partial charge in [-0.25, -0.2) is 8.78 Å². The molecular weight excluding hydrogens is 502 g/mol. The molecule has 0 aliphatic rings. The lowest BCUT2D eigenvalue weighted by Crippen LogP contribution is -2.33. The Hall–Kier alpha value is -4.85. The van der Waals surface area contributed by atoms with Crippen LogP contribution >= 0.6 is 0 Å². The lowest BCUT2D eigenvalue weighted by Gasteiger charge is -2.24. The molecule has 4 rings (SSSR count). The number of nitrogens with zero attached hydrogens (tertiary/aromatic N) is 1. The fraction of sp³-hybridized carbons (Fsp3) is 0.129. The molecule has 4 aromatic carbocycles. The minimum Gasteiger partial charge on any atom is -0.481 e. The first-order valence-corrected chi connectivity index (χ1v) is 12.3. The average Bonchev–Trinajstić information content (AvgIpc) is 2.95. The van der Waals surface area contributed by atoms with Crippen molar-refractivity contribution >= 4 is 17.8 Å². The Labute approximate surface area is 224 Å². The number of carbonyl (C=O) groups excluding carboxylic acids is 2. The molecule has 39 heavy (non-hydrogen) atoms. The maximum Gasteiger partial charge on any atom is 0.305 e. The van der Waals surface area contributed by atoms with E-state index in [-0.39, 0.29) is 43.1 Å². The van der Waals surface area contributed by atoms with E-state index in [2.05, 4.69) is 5.32 Å². The Morgan fingerprint density at radius 1 is 0.718 bits per heavy atom. The van der Waals surface area contributed by atoms with Gasteiger partial charge in [-0.3, -0.25) is 14.4 Å². The van der Waals surface area contributed by atoms with Gasteiger partial charge in [0.25, 0.3) is 11.8 Å². The normalized spacial score (nSPS) is 10.6. The molecule has 0 fully saturated rings. The van der Waals surface area contributed by atoms with Crippen LogP contribution in [0.5, 0.6) is 0 Å². The SMILES string of the molecule is O=C(O)CCN(Cc1ccccc1)C(=O)c1ccccc1-c1ccccc1C(=O)NCc1c(F)cccc1F. The van der Waals surface area contributed by atoms with Crippen molar-refractivity contribution in [3.63, 3.8) is 0 Å². The molecule has 0 bridgehead atoms. The third kappa shape index (κ3) is 6.73. The predicted octanol–water partition coefficient (Wildman–Crippen LogP) is 5.68. The Bertz CT molecular complexity index is 1470. The summed E-state index contributed by atoms with van der Waals surface area (Å²) in [4.78, 5) is 39.7. The molecule has 2 N–H and O–H groups in total. The molecule has 0 radical (unpaired) electrons. The van der Waals surface area contributed by atoms with Crippen molar-refractivity contribution in [3.05, 3.63) is 131 Å². The summed E-state index contributed by atoms with van der Waals surface area (Å²) in [6.45, 7) is -0.155. The second-order valence-electron chi connectivity index (χ2n) is 8.83. The van der Waals surface area contributed by atoms with Crippen molar-refractivity contribution in [2.24, 2.45) is 0 Å². The van der Waals surface area contributed by atoms with Crippen LogP contribution < -0.4 is 5.32 Å². The zero-order chi connectivity index (χ0) is 27.8. The van der Waals surface area contributed by atoms with Gasteiger partial charge < -0.3 is 15.3 Å². The lowest BCUT2D eigenvalue weighted by atomic mass is 9.94. The third-order valence-corrected chi connectivity index (χ3v) is 6.21. The molecule has 0 aliphatic carbocycles. The molecule has 4 aromatic rings. The van der Waals surface area contributed by atoms with Gasteiger partial charge in [0.2, 0.25) is 0 Å². The summed E-state index contributed by atoms with van der Waals surface area (Å²) < 4.78 is 28.1. The number of nitrogens with one attached hydrogen (secondary N) is 1. The van der Waals surface area contributed by atoms with Gasteiger partial charge in [0.1, 0.15) is 11.6 Å². The van der Waals surface area contributed by atoms with E-state index in [4.69, 9.17) is 0 Å². The highest BCUT2D eigenvalue weighted by molar-refractivity contribution is 6.06. The van der Waals surface area contributed by atoms with Gasteiger partial charge in [-0.1, -0.05) is 72.8 Å². The first-order valence-electron chi connectivity index (χ1n) is 12.3. The summed E-state index contributed by atoms with van der Waals surface area (Å²) in [5.74, 6) is -3.51. The molecule has 0 aromatic heterocycles. The predicted molar refractivity (Wildman–Crippen MR) is 143 cm³/mol. The molecular formula is C31H26F2N2O4. The summed E-state index contributed by atoms with van der Waals surface area (Å²) in [5, 5.41) is 11.8. The van der Waals surface area contributed by atoms with Crippen LogP contribution in [0.4, 0.5) is 8.78 Å². The Morgan fingerprint density at radius 3 is 1.92 bits per heavy atom. The molecule has 0 unspecified atom stereocenters. The quantitative estimate of drug-likeness (QED) is 0.277. The van der Waals surface area contributed by atoms with Crippen LogP contribution in [0, 0.1) is 11.6 Å². The maximum absolute atomic E-state index is 14.1. The first-order chi connectivity index (χ1) is 18.8. The highest BCUT2D eigenvalue weighted by Gasteiger charge is 2.23. The van der Waals surface area contributed by atoms with Crippen molar-refractivity contribution in [1.82, 2.24) is 10.2 Å². The topological polar surface area (TPSA) is 86.7 Å². The van der Waals surface area contributed by atoms with E-state index in [9.17, 15) is 28.3 Å². The molecule has 0 heterocycles. The first kappa shape index (κ1) is 27.2. The van der Waals surface area contributed by atoms with Gasteiger partial charge in [0, 0.05) is 36.3 Å². The van der Waals surface area contributed by atoms with Gasteiger partial charge in [-0.05, 0) is 41.0 Å². The Kier molecular flexibility index (Phi) is 8.78. The van der Waals surface area contributed by atoms with Crippen LogP contribution in [0.25, 0.3) is 11.1 Å². The van der Waals surface area contributed by atoms with E-state index < -0.39 is 23.5 Å². The zero-order valence-electron chi connectivity index (χ0n) is 20.9. The number of aliphatic carboxylic acids is 1. The second kappa shape index (κ2) is 12.6. The van der Waals surface area contributed by atoms with Crippen molar-refractivity contribution in [2.75, 3.05) is 6.54 Å². The third-order valence-electron chi connectivity index (χ3n) is 6.21. The van der Waals surface area contributed by atoms with Gasteiger partial charge in [0.15, 0.2) is 0 Å². The monoisotopic (exact) mass is 528 g/mol. The summed E-state index contributed by atoms with van der Waals surface area (Å²) in [7, 11) is 0.